The average Bonchev–Trinajstić information content (AvgIpc) is 3.14. The molecule has 0 aliphatic carbocycles. The van der Waals surface area contributed by atoms with Crippen molar-refractivity contribution in [2.75, 3.05) is 6.54 Å². The molecule has 102 valence electrons. The van der Waals surface area contributed by atoms with E-state index in [4.69, 9.17) is 0 Å². The summed E-state index contributed by atoms with van der Waals surface area (Å²) >= 11 is 1.67. The summed E-state index contributed by atoms with van der Waals surface area (Å²) in [5.41, 5.74) is 1.49. The van der Waals surface area contributed by atoms with E-state index < -0.39 is 0 Å². The lowest BCUT2D eigenvalue weighted by atomic mass is 10.1. The van der Waals surface area contributed by atoms with Crippen LogP contribution in [0.1, 0.15) is 22.2 Å². The fourth-order valence-electron chi connectivity index (χ4n) is 2.24. The Bertz CT molecular complexity index is 718. The number of aromatic nitrogens is 2. The van der Waals surface area contributed by atoms with Crippen molar-refractivity contribution >= 4 is 28.1 Å². The molecule has 2 aromatic heterocycles. The number of benzene rings is 1. The maximum absolute atomic E-state index is 12.7. The van der Waals surface area contributed by atoms with Crippen LogP contribution in [0.2, 0.25) is 0 Å². The highest BCUT2D eigenvalue weighted by atomic mass is 32.1. The number of carbonyl (C=O) groups is 1. The van der Waals surface area contributed by atoms with Crippen LogP contribution in [-0.2, 0) is 6.54 Å². The monoisotopic (exact) mass is 285 g/mol. The fourth-order valence-corrected chi connectivity index (χ4v) is 2.95. The molecular formula is C15H15N3OS. The molecule has 0 unspecified atom stereocenters. The minimum Gasteiger partial charge on any atom is -0.334 e. The van der Waals surface area contributed by atoms with Gasteiger partial charge in [-0.3, -0.25) is 9.89 Å². The first kappa shape index (κ1) is 12.9. The van der Waals surface area contributed by atoms with Crippen LogP contribution in [0, 0.1) is 0 Å². The predicted molar refractivity (Wildman–Crippen MR) is 80.8 cm³/mol. The molecule has 20 heavy (non-hydrogen) atoms. The third kappa shape index (κ3) is 2.32. The van der Waals surface area contributed by atoms with Gasteiger partial charge in [0.05, 0.1) is 23.8 Å². The summed E-state index contributed by atoms with van der Waals surface area (Å²) in [7, 11) is 0. The number of nitrogens with one attached hydrogen (secondary N) is 1. The average molecular weight is 285 g/mol. The molecule has 1 aromatic carbocycles. The molecule has 2 heterocycles. The second-order valence-corrected chi connectivity index (χ2v) is 5.57. The summed E-state index contributed by atoms with van der Waals surface area (Å²) in [5.74, 6) is 0.0377. The summed E-state index contributed by atoms with van der Waals surface area (Å²) in [6.45, 7) is 3.33. The molecule has 0 spiro atoms. The second kappa shape index (κ2) is 5.46. The highest BCUT2D eigenvalue weighted by Gasteiger charge is 2.18. The van der Waals surface area contributed by atoms with Crippen molar-refractivity contribution in [3.63, 3.8) is 0 Å². The van der Waals surface area contributed by atoms with Gasteiger partial charge in [0.2, 0.25) is 0 Å². The molecule has 1 amide bonds. The van der Waals surface area contributed by atoms with Gasteiger partial charge in [0.1, 0.15) is 0 Å². The topological polar surface area (TPSA) is 49.0 Å². The maximum Gasteiger partial charge on any atom is 0.256 e. The molecule has 3 aromatic rings. The molecule has 0 aliphatic rings. The zero-order valence-corrected chi connectivity index (χ0v) is 12.0. The molecule has 5 heteroatoms. The van der Waals surface area contributed by atoms with Crippen LogP contribution in [0.3, 0.4) is 0 Å². The summed E-state index contributed by atoms with van der Waals surface area (Å²) in [6, 6.07) is 9.75. The van der Waals surface area contributed by atoms with Crippen LogP contribution in [0.25, 0.3) is 10.9 Å². The lowest BCUT2D eigenvalue weighted by Crippen LogP contribution is -2.30. The molecule has 0 bridgehead atoms. The molecule has 0 fully saturated rings. The Kier molecular flexibility index (Phi) is 3.52. The molecule has 4 nitrogen and oxygen atoms in total. The Balaban J connectivity index is 1.92. The highest BCUT2D eigenvalue weighted by Crippen LogP contribution is 2.19. The van der Waals surface area contributed by atoms with E-state index in [0.29, 0.717) is 18.7 Å². The van der Waals surface area contributed by atoms with Crippen molar-refractivity contribution in [3.05, 3.63) is 52.3 Å². The van der Waals surface area contributed by atoms with Crippen LogP contribution in [0.15, 0.2) is 41.9 Å². The smallest absolute Gasteiger partial charge is 0.256 e. The minimum absolute atomic E-state index is 0.0377. The second-order valence-electron chi connectivity index (χ2n) is 4.54. The third-order valence-corrected chi connectivity index (χ3v) is 4.16. The molecular weight excluding hydrogens is 270 g/mol. The molecule has 0 radical (unpaired) electrons. The Morgan fingerprint density at radius 2 is 2.25 bits per heavy atom. The number of para-hydroxylation sites is 1. The molecule has 0 saturated heterocycles. The van der Waals surface area contributed by atoms with Crippen molar-refractivity contribution in [2.45, 2.75) is 13.5 Å². The van der Waals surface area contributed by atoms with E-state index in [1.807, 2.05) is 41.5 Å². The molecule has 0 saturated carbocycles. The van der Waals surface area contributed by atoms with Gasteiger partial charge in [0, 0.05) is 16.8 Å². The lowest BCUT2D eigenvalue weighted by molar-refractivity contribution is 0.0756. The molecule has 3 rings (SSSR count). The standard InChI is InChI=1S/C15H15N3OS/c1-2-18(10-12-6-4-8-20-12)15(19)13-7-3-5-11-9-16-17-14(11)13/h3-9H,2,10H2,1H3,(H,16,17). The summed E-state index contributed by atoms with van der Waals surface area (Å²) < 4.78 is 0. The van der Waals surface area contributed by atoms with Crippen LogP contribution in [0.4, 0.5) is 0 Å². The van der Waals surface area contributed by atoms with Crippen molar-refractivity contribution in [1.29, 1.82) is 0 Å². The zero-order chi connectivity index (χ0) is 13.9. The Morgan fingerprint density at radius 3 is 3.00 bits per heavy atom. The first-order chi connectivity index (χ1) is 9.79. The molecule has 1 N–H and O–H groups in total. The predicted octanol–water partition coefficient (Wildman–Crippen LogP) is 3.29. The highest BCUT2D eigenvalue weighted by molar-refractivity contribution is 7.09. The van der Waals surface area contributed by atoms with Crippen LogP contribution in [0.5, 0.6) is 0 Å². The fraction of sp³-hybridized carbons (Fsp3) is 0.200. The molecule has 0 aliphatic heterocycles. The lowest BCUT2D eigenvalue weighted by Gasteiger charge is -2.20. The number of aromatic amines is 1. The number of thiophene rings is 1. The van der Waals surface area contributed by atoms with E-state index in [-0.39, 0.29) is 5.91 Å². The molecule has 0 atom stereocenters. The van der Waals surface area contributed by atoms with E-state index in [0.717, 1.165) is 10.9 Å². The van der Waals surface area contributed by atoms with Crippen molar-refractivity contribution in [3.8, 4) is 0 Å². The summed E-state index contributed by atoms with van der Waals surface area (Å²) in [4.78, 5) is 15.7. The third-order valence-electron chi connectivity index (χ3n) is 3.30. The van der Waals surface area contributed by atoms with Crippen molar-refractivity contribution in [2.24, 2.45) is 0 Å². The van der Waals surface area contributed by atoms with E-state index in [1.54, 1.807) is 17.5 Å². The minimum atomic E-state index is 0.0377. The number of rotatable bonds is 4. The number of nitrogens with zero attached hydrogens (tertiary/aromatic N) is 2. The van der Waals surface area contributed by atoms with Crippen LogP contribution < -0.4 is 0 Å². The van der Waals surface area contributed by atoms with Gasteiger partial charge in [-0.1, -0.05) is 18.2 Å². The van der Waals surface area contributed by atoms with Crippen LogP contribution in [-0.4, -0.2) is 27.5 Å². The van der Waals surface area contributed by atoms with Gasteiger partial charge in [-0.05, 0) is 24.4 Å². The quantitative estimate of drug-likeness (QED) is 0.799. The summed E-state index contributed by atoms with van der Waals surface area (Å²) in [6.07, 6.45) is 1.74. The van der Waals surface area contributed by atoms with E-state index in [9.17, 15) is 4.79 Å². The first-order valence-corrected chi connectivity index (χ1v) is 7.41. The first-order valence-electron chi connectivity index (χ1n) is 6.53. The number of hydrogen-bond acceptors (Lipinski definition) is 3. The van der Waals surface area contributed by atoms with Crippen LogP contribution >= 0.6 is 11.3 Å². The van der Waals surface area contributed by atoms with E-state index in [1.165, 1.54) is 4.88 Å². The Hall–Kier alpha value is -2.14. The summed E-state index contributed by atoms with van der Waals surface area (Å²) in [5, 5.41) is 9.92. The van der Waals surface area contributed by atoms with Gasteiger partial charge < -0.3 is 4.90 Å². The normalized spacial score (nSPS) is 10.8. The Labute approximate surface area is 121 Å². The zero-order valence-electron chi connectivity index (χ0n) is 11.2. The van der Waals surface area contributed by atoms with Crippen molar-refractivity contribution < 1.29 is 4.79 Å². The number of carbonyl (C=O) groups excluding carboxylic acids is 1. The number of amides is 1. The largest absolute Gasteiger partial charge is 0.334 e. The van der Waals surface area contributed by atoms with E-state index >= 15 is 0 Å². The van der Waals surface area contributed by atoms with Gasteiger partial charge >= 0.3 is 0 Å². The van der Waals surface area contributed by atoms with Gasteiger partial charge in [0.25, 0.3) is 5.91 Å². The van der Waals surface area contributed by atoms with Crippen molar-refractivity contribution in [1.82, 2.24) is 15.1 Å². The number of hydrogen-bond donors (Lipinski definition) is 1. The SMILES string of the molecule is CCN(Cc1cccs1)C(=O)c1cccc2cn[nH]c12. The van der Waals surface area contributed by atoms with Gasteiger partial charge in [0.15, 0.2) is 0 Å². The number of H-pyrrole nitrogens is 1. The van der Waals surface area contributed by atoms with Gasteiger partial charge in [-0.15, -0.1) is 11.3 Å². The van der Waals surface area contributed by atoms with Gasteiger partial charge in [-0.2, -0.15) is 5.10 Å². The van der Waals surface area contributed by atoms with E-state index in [2.05, 4.69) is 16.3 Å². The number of fused-ring (bicyclic) bond motifs is 1. The van der Waals surface area contributed by atoms with Gasteiger partial charge in [-0.25, -0.2) is 0 Å². The maximum atomic E-state index is 12.7. The Morgan fingerprint density at radius 1 is 1.35 bits per heavy atom.